The lowest BCUT2D eigenvalue weighted by Gasteiger charge is -2.40. The highest BCUT2D eigenvalue weighted by atomic mass is 16.3. The second-order valence-electron chi connectivity index (χ2n) is 5.29. The summed E-state index contributed by atoms with van der Waals surface area (Å²) in [6.07, 6.45) is 10.2. The van der Waals surface area contributed by atoms with Gasteiger partial charge in [-0.3, -0.25) is 0 Å². The third-order valence-corrected chi connectivity index (χ3v) is 4.10. The highest BCUT2D eigenvalue weighted by Gasteiger charge is 2.37. The van der Waals surface area contributed by atoms with Gasteiger partial charge in [-0.1, -0.05) is 33.1 Å². The fraction of sp³-hybridized carbons (Fsp3) is 0.846. The molecule has 0 heterocycles. The van der Waals surface area contributed by atoms with Gasteiger partial charge in [0.25, 0.3) is 0 Å². The van der Waals surface area contributed by atoms with Crippen LogP contribution in [0.5, 0.6) is 0 Å². The van der Waals surface area contributed by atoms with Crippen molar-refractivity contribution in [2.45, 2.75) is 58.5 Å². The zero-order valence-corrected chi connectivity index (χ0v) is 9.64. The van der Waals surface area contributed by atoms with Crippen LogP contribution in [-0.4, -0.2) is 10.7 Å². The van der Waals surface area contributed by atoms with E-state index in [0.29, 0.717) is 5.41 Å². The van der Waals surface area contributed by atoms with E-state index in [0.717, 1.165) is 31.6 Å². The minimum Gasteiger partial charge on any atom is -0.378 e. The molecule has 14 heavy (non-hydrogen) atoms. The van der Waals surface area contributed by atoms with E-state index in [1.54, 1.807) is 0 Å². The van der Waals surface area contributed by atoms with E-state index < -0.39 is 5.60 Å². The molecule has 1 rings (SSSR count). The highest BCUT2D eigenvalue weighted by Crippen LogP contribution is 2.43. The van der Waals surface area contributed by atoms with Gasteiger partial charge < -0.3 is 5.11 Å². The Labute approximate surface area is 87.9 Å². The standard InChI is InChI=1S/C13H22O/c1-5-12(3,4)11-7-9-13(14,6-2)10-8-11/h2,11,14H,5,7-10H2,1,3-4H3. The Balaban J connectivity index is 2.56. The first kappa shape index (κ1) is 11.6. The largest absolute Gasteiger partial charge is 0.378 e. The van der Waals surface area contributed by atoms with Crippen LogP contribution in [-0.2, 0) is 0 Å². The summed E-state index contributed by atoms with van der Waals surface area (Å²) in [5, 5.41) is 9.90. The van der Waals surface area contributed by atoms with Crippen molar-refractivity contribution >= 4 is 0 Å². The molecule has 80 valence electrons. The van der Waals surface area contributed by atoms with E-state index >= 15 is 0 Å². The smallest absolute Gasteiger partial charge is 0.125 e. The lowest BCUT2D eigenvalue weighted by molar-refractivity contribution is 0.0164. The normalized spacial score (nSPS) is 33.8. The predicted molar refractivity (Wildman–Crippen MR) is 59.8 cm³/mol. The summed E-state index contributed by atoms with van der Waals surface area (Å²) < 4.78 is 0. The van der Waals surface area contributed by atoms with Crippen LogP contribution in [0.15, 0.2) is 0 Å². The molecule has 0 spiro atoms. The van der Waals surface area contributed by atoms with Gasteiger partial charge in [0.1, 0.15) is 5.60 Å². The lowest BCUT2D eigenvalue weighted by Crippen LogP contribution is -2.36. The maximum Gasteiger partial charge on any atom is 0.125 e. The molecule has 0 aromatic rings. The molecule has 0 aromatic heterocycles. The molecule has 1 saturated carbocycles. The summed E-state index contributed by atoms with van der Waals surface area (Å²) in [5.41, 5.74) is -0.406. The van der Waals surface area contributed by atoms with Crippen molar-refractivity contribution < 1.29 is 5.11 Å². The number of hydrogen-bond acceptors (Lipinski definition) is 1. The topological polar surface area (TPSA) is 20.2 Å². The fourth-order valence-corrected chi connectivity index (χ4v) is 2.31. The van der Waals surface area contributed by atoms with Crippen molar-refractivity contribution in [2.75, 3.05) is 0 Å². The van der Waals surface area contributed by atoms with E-state index in [4.69, 9.17) is 6.42 Å². The maximum absolute atomic E-state index is 9.90. The number of aliphatic hydroxyl groups is 1. The Bertz CT molecular complexity index is 226. The quantitative estimate of drug-likeness (QED) is 0.670. The average molecular weight is 194 g/mol. The van der Waals surface area contributed by atoms with Crippen LogP contribution in [0.1, 0.15) is 52.9 Å². The van der Waals surface area contributed by atoms with Crippen molar-refractivity contribution in [1.29, 1.82) is 0 Å². The molecular weight excluding hydrogens is 172 g/mol. The van der Waals surface area contributed by atoms with Crippen LogP contribution in [0.25, 0.3) is 0 Å². The van der Waals surface area contributed by atoms with Crippen LogP contribution in [0.3, 0.4) is 0 Å². The van der Waals surface area contributed by atoms with Gasteiger partial charge in [0.05, 0.1) is 0 Å². The number of terminal acetylenes is 1. The van der Waals surface area contributed by atoms with Gasteiger partial charge in [0.15, 0.2) is 0 Å². The molecule has 0 aromatic carbocycles. The molecular formula is C13H22O. The lowest BCUT2D eigenvalue weighted by atomic mass is 9.66. The van der Waals surface area contributed by atoms with E-state index in [2.05, 4.69) is 26.7 Å². The molecule has 1 aliphatic rings. The molecule has 1 aliphatic carbocycles. The van der Waals surface area contributed by atoms with Crippen LogP contribution >= 0.6 is 0 Å². The van der Waals surface area contributed by atoms with Gasteiger partial charge in [-0.2, -0.15) is 0 Å². The van der Waals surface area contributed by atoms with Crippen molar-refractivity contribution in [3.63, 3.8) is 0 Å². The minimum atomic E-state index is -0.805. The zero-order chi connectivity index (χ0) is 10.8. The van der Waals surface area contributed by atoms with Gasteiger partial charge in [-0.25, -0.2) is 0 Å². The Morgan fingerprint density at radius 2 is 1.93 bits per heavy atom. The second-order valence-corrected chi connectivity index (χ2v) is 5.29. The van der Waals surface area contributed by atoms with Crippen LogP contribution in [0, 0.1) is 23.7 Å². The van der Waals surface area contributed by atoms with Crippen molar-refractivity contribution in [3.8, 4) is 12.3 Å². The highest BCUT2D eigenvalue weighted by molar-refractivity contribution is 5.09. The third-order valence-electron chi connectivity index (χ3n) is 4.10. The summed E-state index contributed by atoms with van der Waals surface area (Å²) in [6.45, 7) is 6.87. The molecule has 1 fully saturated rings. The Morgan fingerprint density at radius 3 is 2.29 bits per heavy atom. The summed E-state index contributed by atoms with van der Waals surface area (Å²) in [7, 11) is 0. The first-order chi connectivity index (χ1) is 6.43. The van der Waals surface area contributed by atoms with Crippen LogP contribution in [0.2, 0.25) is 0 Å². The molecule has 0 saturated heterocycles. The molecule has 1 N–H and O–H groups in total. The monoisotopic (exact) mass is 194 g/mol. The fourth-order valence-electron chi connectivity index (χ4n) is 2.31. The Hall–Kier alpha value is -0.480. The van der Waals surface area contributed by atoms with Gasteiger partial charge in [0, 0.05) is 0 Å². The molecule has 0 amide bonds. The summed E-state index contributed by atoms with van der Waals surface area (Å²) in [5.74, 6) is 3.25. The van der Waals surface area contributed by atoms with E-state index in [1.807, 2.05) is 0 Å². The molecule has 0 unspecified atom stereocenters. The summed E-state index contributed by atoms with van der Waals surface area (Å²) >= 11 is 0. The first-order valence-electron chi connectivity index (χ1n) is 5.64. The Kier molecular flexibility index (Phi) is 3.27. The first-order valence-corrected chi connectivity index (χ1v) is 5.64. The minimum absolute atomic E-state index is 0.399. The molecule has 0 bridgehead atoms. The Morgan fingerprint density at radius 1 is 1.43 bits per heavy atom. The van der Waals surface area contributed by atoms with E-state index in [-0.39, 0.29) is 0 Å². The van der Waals surface area contributed by atoms with Gasteiger partial charge in [0.2, 0.25) is 0 Å². The van der Waals surface area contributed by atoms with Crippen LogP contribution < -0.4 is 0 Å². The van der Waals surface area contributed by atoms with Crippen molar-refractivity contribution in [1.82, 2.24) is 0 Å². The summed E-state index contributed by atoms with van der Waals surface area (Å²) in [4.78, 5) is 0. The van der Waals surface area contributed by atoms with Crippen LogP contribution in [0.4, 0.5) is 0 Å². The average Bonchev–Trinajstić information content (AvgIpc) is 2.19. The number of rotatable bonds is 2. The molecule has 0 aliphatic heterocycles. The molecule has 0 radical (unpaired) electrons. The van der Waals surface area contributed by atoms with Crippen molar-refractivity contribution in [3.05, 3.63) is 0 Å². The predicted octanol–water partition coefficient (Wildman–Crippen LogP) is 2.98. The van der Waals surface area contributed by atoms with Gasteiger partial charge in [-0.05, 0) is 37.0 Å². The van der Waals surface area contributed by atoms with E-state index in [1.165, 1.54) is 6.42 Å². The van der Waals surface area contributed by atoms with Gasteiger partial charge >= 0.3 is 0 Å². The molecule has 0 atom stereocenters. The molecule has 1 nitrogen and oxygen atoms in total. The number of hydrogen-bond donors (Lipinski definition) is 1. The molecule has 1 heteroatoms. The zero-order valence-electron chi connectivity index (χ0n) is 9.64. The summed E-state index contributed by atoms with van der Waals surface area (Å²) in [6, 6.07) is 0. The van der Waals surface area contributed by atoms with E-state index in [9.17, 15) is 5.11 Å². The third kappa shape index (κ3) is 2.30. The maximum atomic E-state index is 9.90. The second kappa shape index (κ2) is 3.95. The van der Waals surface area contributed by atoms with Gasteiger partial charge in [-0.15, -0.1) is 6.42 Å². The SMILES string of the molecule is C#CC1(O)CCC(C(C)(C)CC)CC1. The van der Waals surface area contributed by atoms with Crippen molar-refractivity contribution in [2.24, 2.45) is 11.3 Å².